The van der Waals surface area contributed by atoms with Gasteiger partial charge in [0.25, 0.3) is 0 Å². The molecule has 6 rings (SSSR count). The molecule has 3 heterocycles. The molecule has 41 heavy (non-hydrogen) atoms. The van der Waals surface area contributed by atoms with E-state index in [2.05, 4.69) is 69.8 Å². The topological polar surface area (TPSA) is 88.8 Å². The highest BCUT2D eigenvalue weighted by Gasteiger charge is 2.43. The lowest BCUT2D eigenvalue weighted by Crippen LogP contribution is -2.56. The van der Waals surface area contributed by atoms with Crippen LogP contribution >= 0.6 is 0 Å². The van der Waals surface area contributed by atoms with Gasteiger partial charge in [-0.05, 0) is 44.5 Å². The van der Waals surface area contributed by atoms with Gasteiger partial charge in [-0.1, -0.05) is 43.0 Å². The number of aromatic nitrogens is 2. The lowest BCUT2D eigenvalue weighted by atomic mass is 9.87. The van der Waals surface area contributed by atoms with Gasteiger partial charge in [0.1, 0.15) is 5.82 Å². The number of fused-ring (bicyclic) bond motifs is 2. The van der Waals surface area contributed by atoms with E-state index in [4.69, 9.17) is 14.7 Å². The van der Waals surface area contributed by atoms with E-state index in [1.807, 2.05) is 14.1 Å². The number of hydrogen-bond acceptors (Lipinski definition) is 8. The monoisotopic (exact) mass is 551 g/mol. The lowest BCUT2D eigenvalue weighted by Gasteiger charge is -2.46. The van der Waals surface area contributed by atoms with Gasteiger partial charge in [-0.15, -0.1) is 0 Å². The number of carbonyl (C=O) groups is 1. The van der Waals surface area contributed by atoms with Crippen molar-refractivity contribution >= 4 is 28.2 Å². The molecule has 1 saturated carbocycles. The Labute approximate surface area is 241 Å². The number of piperazine rings is 1. The van der Waals surface area contributed by atoms with Crippen molar-refractivity contribution in [1.82, 2.24) is 19.8 Å². The summed E-state index contributed by atoms with van der Waals surface area (Å²) in [6.45, 7) is 6.81. The quantitative estimate of drug-likeness (QED) is 0.320. The summed E-state index contributed by atoms with van der Waals surface area (Å²) in [7, 11) is 4.09. The summed E-state index contributed by atoms with van der Waals surface area (Å²) in [5.41, 5.74) is 2.90. The van der Waals surface area contributed by atoms with Gasteiger partial charge in [0.2, 0.25) is 5.91 Å². The second-order valence-electron chi connectivity index (χ2n) is 11.4. The molecule has 9 nitrogen and oxygen atoms in total. The fraction of sp³-hybridized carbons (Fsp3) is 0.438. The molecule has 9 heteroatoms. The maximum absolute atomic E-state index is 12.5. The van der Waals surface area contributed by atoms with Crippen LogP contribution in [0.2, 0.25) is 0 Å². The van der Waals surface area contributed by atoms with Gasteiger partial charge in [0.05, 0.1) is 30.8 Å². The van der Waals surface area contributed by atoms with Crippen molar-refractivity contribution in [2.45, 2.75) is 50.4 Å². The molecule has 0 radical (unpaired) electrons. The summed E-state index contributed by atoms with van der Waals surface area (Å²) in [6, 6.07) is 17.4. The van der Waals surface area contributed by atoms with Crippen LogP contribution < -0.4 is 14.5 Å². The first-order chi connectivity index (χ1) is 19.9. The van der Waals surface area contributed by atoms with Crippen LogP contribution in [-0.4, -0.2) is 77.7 Å². The second-order valence-corrected chi connectivity index (χ2v) is 11.4. The summed E-state index contributed by atoms with van der Waals surface area (Å²) < 4.78 is 6.59. The molecule has 0 unspecified atom stereocenters. The number of ether oxygens (including phenoxy) is 1. The average molecular weight is 552 g/mol. The zero-order valence-electron chi connectivity index (χ0n) is 23.9. The Morgan fingerprint density at radius 1 is 1.15 bits per heavy atom. The first kappa shape index (κ1) is 27.0. The van der Waals surface area contributed by atoms with E-state index in [0.717, 1.165) is 49.3 Å². The largest absolute Gasteiger partial charge is 0.441 e. The number of hydrogen-bond donors (Lipinski definition) is 0. The summed E-state index contributed by atoms with van der Waals surface area (Å²) in [5, 5.41) is 12.0. The Balaban J connectivity index is 1.37. The minimum atomic E-state index is -0.395. The van der Waals surface area contributed by atoms with E-state index in [1.165, 1.54) is 22.5 Å². The Hall–Kier alpha value is -4.16. The molecule has 2 aromatic carbocycles. The van der Waals surface area contributed by atoms with E-state index in [-0.39, 0.29) is 18.4 Å². The predicted molar refractivity (Wildman–Crippen MR) is 160 cm³/mol. The van der Waals surface area contributed by atoms with E-state index in [1.54, 1.807) is 4.90 Å². The maximum atomic E-state index is 12.5. The number of nitrogens with zero attached hydrogens (tertiary/aromatic N) is 7. The van der Waals surface area contributed by atoms with Gasteiger partial charge in [-0.25, -0.2) is 0 Å². The van der Waals surface area contributed by atoms with Crippen molar-refractivity contribution in [3.8, 4) is 12.1 Å². The maximum Gasteiger partial charge on any atom is 0.320 e. The predicted octanol–water partition coefficient (Wildman–Crippen LogP) is 4.13. The standard InChI is InChI=1S/C32H37N7O2/c1-4-29(40)39-20-19-38(21-24(39)13-17-33)30-26-14-18-37(28-12-7-10-23-9-5-6-11-25(23)28)22-27(26)34-31(35-30)41-32(36(2)3)15-8-16-32/h4-7,9-12,24H,1,8,13-16,18-22H2,2-3H3/t24-/m0/s1. The van der Waals surface area contributed by atoms with Crippen LogP contribution in [0, 0.1) is 11.3 Å². The van der Waals surface area contributed by atoms with Gasteiger partial charge in [-0.2, -0.15) is 15.2 Å². The highest BCUT2D eigenvalue weighted by molar-refractivity contribution is 5.94. The molecule has 1 aromatic heterocycles. The molecule has 1 atom stereocenters. The highest BCUT2D eigenvalue weighted by Crippen LogP contribution is 2.39. The Kier molecular flexibility index (Phi) is 7.26. The molecule has 0 N–H and O–H groups in total. The lowest BCUT2D eigenvalue weighted by molar-refractivity contribution is -0.128. The molecular formula is C32H37N7O2. The van der Waals surface area contributed by atoms with Gasteiger partial charge in [-0.3, -0.25) is 9.69 Å². The third-order valence-electron chi connectivity index (χ3n) is 8.93. The van der Waals surface area contributed by atoms with Gasteiger partial charge < -0.3 is 19.4 Å². The van der Waals surface area contributed by atoms with Crippen molar-refractivity contribution in [1.29, 1.82) is 5.26 Å². The number of carbonyl (C=O) groups excluding carboxylic acids is 1. The third-order valence-corrected chi connectivity index (χ3v) is 8.93. The Bertz CT molecular complexity index is 1500. The number of rotatable bonds is 7. The molecule has 0 spiro atoms. The van der Waals surface area contributed by atoms with Crippen LogP contribution in [0.15, 0.2) is 55.1 Å². The van der Waals surface area contributed by atoms with Crippen LogP contribution in [0.5, 0.6) is 6.01 Å². The summed E-state index contributed by atoms with van der Waals surface area (Å²) >= 11 is 0. The van der Waals surface area contributed by atoms with Crippen LogP contribution in [0.25, 0.3) is 10.8 Å². The van der Waals surface area contributed by atoms with Crippen molar-refractivity contribution in [3.05, 3.63) is 66.4 Å². The van der Waals surface area contributed by atoms with Gasteiger partial charge in [0, 0.05) is 55.7 Å². The van der Waals surface area contributed by atoms with Crippen LogP contribution in [0.4, 0.5) is 11.5 Å². The smallest absolute Gasteiger partial charge is 0.320 e. The molecular weight excluding hydrogens is 514 g/mol. The molecule has 1 aliphatic carbocycles. The summed E-state index contributed by atoms with van der Waals surface area (Å²) in [6.07, 6.45) is 5.36. The van der Waals surface area contributed by atoms with E-state index in [9.17, 15) is 10.1 Å². The first-order valence-corrected chi connectivity index (χ1v) is 14.5. The van der Waals surface area contributed by atoms with Crippen molar-refractivity contribution in [2.24, 2.45) is 0 Å². The van der Waals surface area contributed by atoms with Crippen molar-refractivity contribution in [2.75, 3.05) is 50.1 Å². The minimum absolute atomic E-state index is 0.137. The number of amides is 1. The molecule has 1 amide bonds. The molecule has 2 aliphatic heterocycles. The van der Waals surface area contributed by atoms with E-state index in [0.29, 0.717) is 32.2 Å². The summed E-state index contributed by atoms with van der Waals surface area (Å²) in [4.78, 5) is 31.1. The molecule has 3 aliphatic rings. The number of nitriles is 1. The second kappa shape index (κ2) is 11.0. The Morgan fingerprint density at radius 3 is 2.68 bits per heavy atom. The number of benzene rings is 2. The SMILES string of the molecule is C=CC(=O)N1CCN(c2nc(OC3(N(C)C)CCC3)nc3c2CCN(c2cccc4ccccc24)C3)C[C@@H]1CC#N. The fourth-order valence-electron chi connectivity index (χ4n) is 6.41. The van der Waals surface area contributed by atoms with E-state index < -0.39 is 5.72 Å². The molecule has 212 valence electrons. The minimum Gasteiger partial charge on any atom is -0.441 e. The van der Waals surface area contributed by atoms with Crippen LogP contribution in [-0.2, 0) is 17.8 Å². The average Bonchev–Trinajstić information content (AvgIpc) is 2.97. The third kappa shape index (κ3) is 4.97. The molecule has 2 fully saturated rings. The van der Waals surface area contributed by atoms with Gasteiger partial charge >= 0.3 is 6.01 Å². The van der Waals surface area contributed by atoms with Crippen molar-refractivity contribution in [3.63, 3.8) is 0 Å². The zero-order chi connectivity index (χ0) is 28.6. The first-order valence-electron chi connectivity index (χ1n) is 14.5. The van der Waals surface area contributed by atoms with Crippen molar-refractivity contribution < 1.29 is 9.53 Å². The van der Waals surface area contributed by atoms with E-state index >= 15 is 0 Å². The van der Waals surface area contributed by atoms with Gasteiger partial charge in [0.15, 0.2) is 5.72 Å². The highest BCUT2D eigenvalue weighted by atomic mass is 16.5. The Morgan fingerprint density at radius 2 is 1.95 bits per heavy atom. The molecule has 3 aromatic rings. The summed E-state index contributed by atoms with van der Waals surface area (Å²) in [5.74, 6) is 0.728. The number of anilines is 2. The zero-order valence-corrected chi connectivity index (χ0v) is 23.9. The molecule has 1 saturated heterocycles. The normalized spacial score (nSPS) is 19.9. The van der Waals surface area contributed by atoms with Crippen LogP contribution in [0.1, 0.15) is 36.9 Å². The fourth-order valence-corrected chi connectivity index (χ4v) is 6.41. The molecule has 0 bridgehead atoms. The van der Waals surface area contributed by atoms with Crippen LogP contribution in [0.3, 0.4) is 0 Å².